The zero-order chi connectivity index (χ0) is 30.8. The van der Waals surface area contributed by atoms with E-state index in [2.05, 4.69) is 41.7 Å². The number of aromatic carboxylic acids is 1. The first-order valence-corrected chi connectivity index (χ1v) is 14.1. The summed E-state index contributed by atoms with van der Waals surface area (Å²) in [5.41, 5.74) is 6.27. The maximum Gasteiger partial charge on any atom is 0.335 e. The average Bonchev–Trinajstić information content (AvgIpc) is 3.45. The Hall–Kier alpha value is -5.56. The fourth-order valence-corrected chi connectivity index (χ4v) is 5.40. The second kappa shape index (κ2) is 12.0. The van der Waals surface area contributed by atoms with Gasteiger partial charge in [-0.15, -0.1) is 0 Å². The van der Waals surface area contributed by atoms with Crippen molar-refractivity contribution < 1.29 is 23.5 Å². The molecule has 6 aromatic rings. The molecule has 0 saturated carbocycles. The summed E-state index contributed by atoms with van der Waals surface area (Å²) in [6, 6.07) is 33.4. The van der Waals surface area contributed by atoms with Crippen molar-refractivity contribution in [1.82, 2.24) is 9.88 Å². The molecule has 0 fully saturated rings. The second-order valence-electron chi connectivity index (χ2n) is 10.7. The highest BCUT2D eigenvalue weighted by Gasteiger charge is 2.20. The molecule has 0 bridgehead atoms. The molecule has 1 atom stereocenters. The van der Waals surface area contributed by atoms with Crippen molar-refractivity contribution in [3.63, 3.8) is 0 Å². The zero-order valence-corrected chi connectivity index (χ0v) is 23.8. The highest BCUT2D eigenvalue weighted by molar-refractivity contribution is 6.08. The van der Waals surface area contributed by atoms with Gasteiger partial charge in [0.1, 0.15) is 0 Å². The van der Waals surface area contributed by atoms with Crippen LogP contribution in [0.2, 0.25) is 0 Å². The summed E-state index contributed by atoms with van der Waals surface area (Å²) in [6.07, 6.45) is 1.91. The molecule has 0 spiro atoms. The lowest BCUT2D eigenvalue weighted by atomic mass is 9.99. The van der Waals surface area contributed by atoms with Crippen molar-refractivity contribution in [2.45, 2.75) is 19.5 Å². The van der Waals surface area contributed by atoms with Crippen molar-refractivity contribution in [3.8, 4) is 22.3 Å². The Balaban J connectivity index is 1.36. The largest absolute Gasteiger partial charge is 0.478 e. The van der Waals surface area contributed by atoms with E-state index in [0.29, 0.717) is 28.8 Å². The van der Waals surface area contributed by atoms with Crippen molar-refractivity contribution in [1.29, 1.82) is 0 Å². The van der Waals surface area contributed by atoms with E-state index < -0.39 is 23.6 Å². The molecule has 1 heterocycles. The molecule has 44 heavy (non-hydrogen) atoms. The first kappa shape index (κ1) is 28.6. The molecule has 1 aromatic heterocycles. The Morgan fingerprint density at radius 3 is 2.11 bits per heavy atom. The van der Waals surface area contributed by atoms with E-state index in [1.54, 1.807) is 18.2 Å². The Bertz CT molecular complexity index is 1980. The quantitative estimate of drug-likeness (QED) is 0.188. The van der Waals surface area contributed by atoms with Crippen LogP contribution in [0, 0.1) is 11.6 Å². The SMILES string of the molecule is C[C@H](NC(=O)c1cc(-c2ccc(F)c(F)c2)cc2ccn(Cc3ccc(-c4ccccc4)cc3)c12)c1ccc(C(=O)O)cc1. The number of nitrogens with zero attached hydrogens (tertiary/aromatic N) is 1. The van der Waals surface area contributed by atoms with Crippen LogP contribution in [-0.4, -0.2) is 21.6 Å². The van der Waals surface area contributed by atoms with Crippen LogP contribution >= 0.6 is 0 Å². The molecule has 0 aliphatic rings. The van der Waals surface area contributed by atoms with Crippen LogP contribution in [0.1, 0.15) is 44.8 Å². The maximum absolute atomic E-state index is 14.2. The number of amides is 1. The van der Waals surface area contributed by atoms with E-state index in [1.165, 1.54) is 18.2 Å². The normalized spacial score (nSPS) is 11.8. The number of carboxylic acid groups (broad SMARTS) is 1. The highest BCUT2D eigenvalue weighted by atomic mass is 19.2. The van der Waals surface area contributed by atoms with Crippen LogP contribution in [-0.2, 0) is 6.54 Å². The predicted octanol–water partition coefficient (Wildman–Crippen LogP) is 8.49. The number of carboxylic acids is 1. The fourth-order valence-electron chi connectivity index (χ4n) is 5.40. The number of fused-ring (bicyclic) bond motifs is 1. The molecule has 0 unspecified atom stereocenters. The van der Waals surface area contributed by atoms with Gasteiger partial charge in [-0.1, -0.05) is 72.8 Å². The number of rotatable bonds is 8. The van der Waals surface area contributed by atoms with Crippen LogP contribution in [0.5, 0.6) is 0 Å². The minimum Gasteiger partial charge on any atom is -0.478 e. The van der Waals surface area contributed by atoms with Gasteiger partial charge in [0.15, 0.2) is 11.6 Å². The maximum atomic E-state index is 14.2. The minimum atomic E-state index is -1.03. The molecule has 7 heteroatoms. The van der Waals surface area contributed by atoms with E-state index in [4.69, 9.17) is 0 Å². The van der Waals surface area contributed by atoms with E-state index in [-0.39, 0.29) is 11.5 Å². The summed E-state index contributed by atoms with van der Waals surface area (Å²) in [7, 11) is 0. The summed E-state index contributed by atoms with van der Waals surface area (Å²) in [6.45, 7) is 2.33. The fraction of sp³-hybridized carbons (Fsp3) is 0.0811. The number of nitrogens with one attached hydrogen (secondary N) is 1. The molecule has 0 aliphatic heterocycles. The first-order valence-electron chi connectivity index (χ1n) is 14.1. The highest BCUT2D eigenvalue weighted by Crippen LogP contribution is 2.31. The predicted molar refractivity (Wildman–Crippen MR) is 168 cm³/mol. The third-order valence-corrected chi connectivity index (χ3v) is 7.78. The molecule has 0 radical (unpaired) electrons. The van der Waals surface area contributed by atoms with Gasteiger partial charge in [0.25, 0.3) is 5.91 Å². The second-order valence-corrected chi connectivity index (χ2v) is 10.7. The molecule has 218 valence electrons. The van der Waals surface area contributed by atoms with Crippen molar-refractivity contribution in [2.75, 3.05) is 0 Å². The number of aromatic nitrogens is 1. The standard InChI is InChI=1S/C37H28F2N2O3/c1-23(25-11-13-28(14-12-25)37(43)44)40-36(42)32-20-31(29-15-16-33(38)34(39)21-29)19-30-17-18-41(35(30)32)22-24-7-9-27(10-8-24)26-5-3-2-4-6-26/h2-21,23H,22H2,1H3,(H,40,42)(H,43,44)/t23-/m0/s1. The molecule has 6 rings (SSSR count). The van der Waals surface area contributed by atoms with Gasteiger partial charge in [-0.25, -0.2) is 13.6 Å². The first-order chi connectivity index (χ1) is 21.3. The number of halogens is 2. The van der Waals surface area contributed by atoms with Crippen molar-refractivity contribution in [2.24, 2.45) is 0 Å². The number of benzene rings is 5. The Morgan fingerprint density at radius 1 is 0.750 bits per heavy atom. The number of carbonyl (C=O) groups is 2. The molecule has 2 N–H and O–H groups in total. The van der Waals surface area contributed by atoms with Crippen molar-refractivity contribution in [3.05, 3.63) is 155 Å². The number of hydrogen-bond donors (Lipinski definition) is 2. The number of hydrogen-bond acceptors (Lipinski definition) is 2. The monoisotopic (exact) mass is 586 g/mol. The summed E-state index contributed by atoms with van der Waals surface area (Å²) in [5.74, 6) is -3.29. The van der Waals surface area contributed by atoms with Gasteiger partial charge in [-0.3, -0.25) is 4.79 Å². The van der Waals surface area contributed by atoms with Gasteiger partial charge in [-0.05, 0) is 82.8 Å². The Kier molecular flexibility index (Phi) is 7.77. The minimum absolute atomic E-state index is 0.155. The van der Waals surface area contributed by atoms with E-state index in [0.717, 1.165) is 39.8 Å². The lowest BCUT2D eigenvalue weighted by Crippen LogP contribution is -2.27. The van der Waals surface area contributed by atoms with Crippen LogP contribution in [0.3, 0.4) is 0 Å². The lowest BCUT2D eigenvalue weighted by molar-refractivity contribution is 0.0696. The molecular formula is C37H28F2N2O3. The summed E-state index contributed by atoms with van der Waals surface area (Å²) in [4.78, 5) is 25.1. The third-order valence-electron chi connectivity index (χ3n) is 7.78. The van der Waals surface area contributed by atoms with Crippen LogP contribution in [0.15, 0.2) is 121 Å². The molecule has 5 nitrogen and oxygen atoms in total. The molecule has 0 saturated heterocycles. The third kappa shape index (κ3) is 5.85. The van der Waals surface area contributed by atoms with Gasteiger partial charge in [0.05, 0.1) is 22.7 Å². The Labute approximate surface area is 253 Å². The number of carbonyl (C=O) groups excluding carboxylic acids is 1. The summed E-state index contributed by atoms with van der Waals surface area (Å²) in [5, 5.41) is 13.0. The van der Waals surface area contributed by atoms with Gasteiger partial charge in [-0.2, -0.15) is 0 Å². The van der Waals surface area contributed by atoms with E-state index >= 15 is 0 Å². The molecule has 1 amide bonds. The lowest BCUT2D eigenvalue weighted by Gasteiger charge is -2.17. The summed E-state index contributed by atoms with van der Waals surface area (Å²) >= 11 is 0. The molecule has 0 aliphatic carbocycles. The van der Waals surface area contributed by atoms with Crippen LogP contribution < -0.4 is 5.32 Å². The van der Waals surface area contributed by atoms with Crippen LogP contribution in [0.25, 0.3) is 33.2 Å². The topological polar surface area (TPSA) is 71.3 Å². The average molecular weight is 587 g/mol. The zero-order valence-electron chi connectivity index (χ0n) is 23.8. The summed E-state index contributed by atoms with van der Waals surface area (Å²) < 4.78 is 29.9. The van der Waals surface area contributed by atoms with Gasteiger partial charge < -0.3 is 15.0 Å². The van der Waals surface area contributed by atoms with E-state index in [1.807, 2.05) is 48.0 Å². The van der Waals surface area contributed by atoms with Crippen molar-refractivity contribution >= 4 is 22.8 Å². The van der Waals surface area contributed by atoms with Crippen LogP contribution in [0.4, 0.5) is 8.78 Å². The smallest absolute Gasteiger partial charge is 0.335 e. The Morgan fingerprint density at radius 2 is 1.43 bits per heavy atom. The van der Waals surface area contributed by atoms with Gasteiger partial charge in [0, 0.05) is 18.1 Å². The molecular weight excluding hydrogens is 558 g/mol. The van der Waals surface area contributed by atoms with Gasteiger partial charge >= 0.3 is 5.97 Å². The van der Waals surface area contributed by atoms with E-state index in [9.17, 15) is 23.5 Å². The van der Waals surface area contributed by atoms with Gasteiger partial charge in [0.2, 0.25) is 0 Å². The molecule has 5 aromatic carbocycles.